The topological polar surface area (TPSA) is 26.0 Å². The highest BCUT2D eigenvalue weighted by Crippen LogP contribution is 2.35. The van der Waals surface area contributed by atoms with Crippen LogP contribution in [0.2, 0.25) is 5.02 Å². The fourth-order valence-electron chi connectivity index (χ4n) is 3.10. The maximum absolute atomic E-state index is 13.9. The van der Waals surface area contributed by atoms with E-state index in [0.717, 1.165) is 18.8 Å². The van der Waals surface area contributed by atoms with Gasteiger partial charge in [0.05, 0.1) is 5.02 Å². The van der Waals surface area contributed by atoms with Crippen molar-refractivity contribution in [3.63, 3.8) is 0 Å². The molecule has 106 valence electrons. The molecule has 4 atom stereocenters. The fraction of sp³-hybridized carbons (Fsp3) is 0.625. The van der Waals surface area contributed by atoms with E-state index in [1.807, 2.05) is 0 Å². The van der Waals surface area contributed by atoms with Gasteiger partial charge in [0, 0.05) is 6.04 Å². The van der Waals surface area contributed by atoms with Crippen molar-refractivity contribution in [1.29, 1.82) is 0 Å². The average molecular weight is 284 g/mol. The van der Waals surface area contributed by atoms with Crippen LogP contribution < -0.4 is 5.73 Å². The molecule has 0 heterocycles. The van der Waals surface area contributed by atoms with Gasteiger partial charge >= 0.3 is 0 Å². The molecule has 0 radical (unpaired) electrons. The van der Waals surface area contributed by atoms with Gasteiger partial charge in [-0.05, 0) is 48.6 Å². The van der Waals surface area contributed by atoms with E-state index >= 15 is 0 Å². The normalized spacial score (nSPS) is 29.2. The van der Waals surface area contributed by atoms with Gasteiger partial charge in [-0.2, -0.15) is 0 Å². The van der Waals surface area contributed by atoms with Crippen LogP contribution >= 0.6 is 11.6 Å². The lowest BCUT2D eigenvalue weighted by atomic mass is 9.72. The Kier molecular flexibility index (Phi) is 4.86. The molecule has 0 spiro atoms. The number of halogens is 2. The standard InChI is InChI=1S/C16H23ClFN/c1-10-6-7-12(8-11(10)2)15(19)9-13-4-3-5-14(17)16(13)18/h3-5,10-12,15H,6-9,19H2,1-2H3. The lowest BCUT2D eigenvalue weighted by molar-refractivity contribution is 0.184. The van der Waals surface area contributed by atoms with Crippen LogP contribution in [0.1, 0.15) is 38.7 Å². The maximum atomic E-state index is 13.9. The van der Waals surface area contributed by atoms with Crippen molar-refractivity contribution in [3.8, 4) is 0 Å². The van der Waals surface area contributed by atoms with Crippen LogP contribution in [-0.2, 0) is 6.42 Å². The first-order valence-corrected chi connectivity index (χ1v) is 7.55. The zero-order chi connectivity index (χ0) is 14.0. The third-order valence-corrected chi connectivity index (χ3v) is 5.02. The minimum atomic E-state index is -0.308. The molecule has 1 nitrogen and oxygen atoms in total. The van der Waals surface area contributed by atoms with Gasteiger partial charge in [0.2, 0.25) is 0 Å². The maximum Gasteiger partial charge on any atom is 0.145 e. The van der Waals surface area contributed by atoms with E-state index in [2.05, 4.69) is 13.8 Å². The first-order chi connectivity index (χ1) is 8.99. The zero-order valence-corrected chi connectivity index (χ0v) is 12.5. The number of rotatable bonds is 3. The Bertz CT molecular complexity index is 435. The molecular weight excluding hydrogens is 261 g/mol. The van der Waals surface area contributed by atoms with Crippen molar-refractivity contribution in [1.82, 2.24) is 0 Å². The fourth-order valence-corrected chi connectivity index (χ4v) is 3.30. The summed E-state index contributed by atoms with van der Waals surface area (Å²) >= 11 is 5.81. The Hall–Kier alpha value is -0.600. The van der Waals surface area contributed by atoms with E-state index in [1.165, 1.54) is 6.42 Å². The lowest BCUT2D eigenvalue weighted by Crippen LogP contribution is -2.37. The van der Waals surface area contributed by atoms with Crippen LogP contribution in [0.25, 0.3) is 0 Å². The molecule has 0 bridgehead atoms. The van der Waals surface area contributed by atoms with Crippen LogP contribution in [0.5, 0.6) is 0 Å². The Labute approximate surface area is 120 Å². The first kappa shape index (κ1) is 14.8. The summed E-state index contributed by atoms with van der Waals surface area (Å²) in [6, 6.07) is 5.19. The van der Waals surface area contributed by atoms with Gasteiger partial charge in [-0.15, -0.1) is 0 Å². The average Bonchev–Trinajstić information content (AvgIpc) is 2.38. The number of hydrogen-bond donors (Lipinski definition) is 1. The minimum Gasteiger partial charge on any atom is -0.327 e. The highest BCUT2D eigenvalue weighted by Gasteiger charge is 2.28. The Balaban J connectivity index is 2.01. The highest BCUT2D eigenvalue weighted by atomic mass is 35.5. The van der Waals surface area contributed by atoms with Gasteiger partial charge in [-0.3, -0.25) is 0 Å². The van der Waals surface area contributed by atoms with Crippen LogP contribution in [0, 0.1) is 23.6 Å². The molecule has 1 fully saturated rings. The SMILES string of the molecule is CC1CCC(C(N)Cc2cccc(Cl)c2F)CC1C. The summed E-state index contributed by atoms with van der Waals surface area (Å²) < 4.78 is 13.9. The van der Waals surface area contributed by atoms with E-state index in [1.54, 1.807) is 18.2 Å². The molecule has 1 aliphatic rings. The number of hydrogen-bond acceptors (Lipinski definition) is 1. The summed E-state index contributed by atoms with van der Waals surface area (Å²) in [6.45, 7) is 4.60. The molecule has 19 heavy (non-hydrogen) atoms. The van der Waals surface area contributed by atoms with Gasteiger partial charge in [0.15, 0.2) is 0 Å². The summed E-state index contributed by atoms with van der Waals surface area (Å²) in [6.07, 6.45) is 4.13. The second kappa shape index (κ2) is 6.23. The number of benzene rings is 1. The first-order valence-electron chi connectivity index (χ1n) is 7.17. The second-order valence-corrected chi connectivity index (χ2v) is 6.52. The molecule has 3 heteroatoms. The van der Waals surface area contributed by atoms with Crippen molar-refractivity contribution in [3.05, 3.63) is 34.6 Å². The molecule has 2 rings (SSSR count). The van der Waals surface area contributed by atoms with Crippen molar-refractivity contribution in [2.75, 3.05) is 0 Å². The van der Waals surface area contributed by atoms with E-state index in [4.69, 9.17) is 17.3 Å². The van der Waals surface area contributed by atoms with Gasteiger partial charge < -0.3 is 5.73 Å². The Morgan fingerprint density at radius 1 is 1.32 bits per heavy atom. The molecule has 0 saturated heterocycles. The minimum absolute atomic E-state index is 0.0305. The summed E-state index contributed by atoms with van der Waals surface area (Å²) in [4.78, 5) is 0. The van der Waals surface area contributed by atoms with Gasteiger partial charge in [-0.25, -0.2) is 4.39 Å². The molecule has 0 aromatic heterocycles. The smallest absolute Gasteiger partial charge is 0.145 e. The molecule has 1 aromatic carbocycles. The quantitative estimate of drug-likeness (QED) is 0.873. The van der Waals surface area contributed by atoms with Crippen LogP contribution in [0.4, 0.5) is 4.39 Å². The summed E-state index contributed by atoms with van der Waals surface area (Å²) in [5.41, 5.74) is 6.94. The van der Waals surface area contributed by atoms with Crippen molar-refractivity contribution in [2.45, 2.75) is 45.6 Å². The monoisotopic (exact) mass is 283 g/mol. The molecule has 0 aliphatic heterocycles. The Morgan fingerprint density at radius 2 is 2.05 bits per heavy atom. The Morgan fingerprint density at radius 3 is 2.74 bits per heavy atom. The van der Waals surface area contributed by atoms with Crippen molar-refractivity contribution < 1.29 is 4.39 Å². The molecule has 1 saturated carbocycles. The third-order valence-electron chi connectivity index (χ3n) is 4.73. The summed E-state index contributed by atoms with van der Waals surface area (Å²) in [5, 5.41) is 0.190. The second-order valence-electron chi connectivity index (χ2n) is 6.11. The van der Waals surface area contributed by atoms with Crippen LogP contribution in [0.15, 0.2) is 18.2 Å². The third kappa shape index (κ3) is 3.49. The highest BCUT2D eigenvalue weighted by molar-refractivity contribution is 6.30. The van der Waals surface area contributed by atoms with Crippen LogP contribution in [0.3, 0.4) is 0 Å². The molecule has 2 N–H and O–H groups in total. The molecule has 1 aliphatic carbocycles. The van der Waals surface area contributed by atoms with Crippen LogP contribution in [-0.4, -0.2) is 6.04 Å². The van der Waals surface area contributed by atoms with Gasteiger partial charge in [-0.1, -0.05) is 44.0 Å². The van der Waals surface area contributed by atoms with Crippen molar-refractivity contribution >= 4 is 11.6 Å². The molecule has 1 aromatic rings. The predicted octanol–water partition coefficient (Wildman–Crippen LogP) is 4.42. The van der Waals surface area contributed by atoms with Gasteiger partial charge in [0.25, 0.3) is 0 Å². The lowest BCUT2D eigenvalue weighted by Gasteiger charge is -2.35. The van der Waals surface area contributed by atoms with E-state index in [9.17, 15) is 4.39 Å². The summed E-state index contributed by atoms with van der Waals surface area (Å²) in [5.74, 6) is 1.70. The summed E-state index contributed by atoms with van der Waals surface area (Å²) in [7, 11) is 0. The van der Waals surface area contributed by atoms with E-state index in [-0.39, 0.29) is 16.9 Å². The predicted molar refractivity (Wildman–Crippen MR) is 78.8 cm³/mol. The zero-order valence-electron chi connectivity index (χ0n) is 11.7. The molecule has 4 unspecified atom stereocenters. The molecule has 0 amide bonds. The van der Waals surface area contributed by atoms with Gasteiger partial charge in [0.1, 0.15) is 5.82 Å². The van der Waals surface area contributed by atoms with E-state index < -0.39 is 0 Å². The number of nitrogens with two attached hydrogens (primary N) is 1. The van der Waals surface area contributed by atoms with E-state index in [0.29, 0.717) is 23.8 Å². The van der Waals surface area contributed by atoms with Crippen molar-refractivity contribution in [2.24, 2.45) is 23.5 Å². The molecular formula is C16H23ClFN. The largest absolute Gasteiger partial charge is 0.327 e.